The normalized spacial score (nSPS) is 16.8. The Morgan fingerprint density at radius 3 is 2.00 bits per heavy atom. The van der Waals surface area contributed by atoms with Crippen molar-refractivity contribution >= 4 is 0 Å². The zero-order valence-corrected chi connectivity index (χ0v) is 11.0. The predicted molar refractivity (Wildman–Crippen MR) is 63.9 cm³/mol. The van der Waals surface area contributed by atoms with Crippen molar-refractivity contribution in [3.63, 3.8) is 0 Å². The van der Waals surface area contributed by atoms with Crippen LogP contribution >= 0.6 is 0 Å². The van der Waals surface area contributed by atoms with Crippen LogP contribution < -0.4 is 5.73 Å². The Hall–Kier alpha value is -0.120. The fraction of sp³-hybridized carbons (Fsp3) is 1.00. The maximum Gasteiger partial charge on any atom is 0.0796 e. The van der Waals surface area contributed by atoms with Crippen LogP contribution in [0.2, 0.25) is 0 Å². The van der Waals surface area contributed by atoms with Gasteiger partial charge in [-0.05, 0) is 26.2 Å². The van der Waals surface area contributed by atoms with Gasteiger partial charge in [-0.15, -0.1) is 0 Å². The summed E-state index contributed by atoms with van der Waals surface area (Å²) in [5.41, 5.74) is 6.14. The SMILES string of the molecule is CCOC(C(N)COC(C)C)C(C)(C)C. The van der Waals surface area contributed by atoms with Gasteiger partial charge in [0.1, 0.15) is 0 Å². The molecule has 0 fully saturated rings. The van der Waals surface area contributed by atoms with Gasteiger partial charge in [0, 0.05) is 6.61 Å². The first kappa shape index (κ1) is 14.9. The molecule has 0 aliphatic rings. The molecule has 15 heavy (non-hydrogen) atoms. The minimum Gasteiger partial charge on any atom is -0.377 e. The standard InChI is InChI=1S/C12H27NO2/c1-7-14-11(12(4,5)6)10(13)8-15-9(2)3/h9-11H,7-8,13H2,1-6H3. The summed E-state index contributed by atoms with van der Waals surface area (Å²) in [4.78, 5) is 0. The zero-order valence-electron chi connectivity index (χ0n) is 11.0. The lowest BCUT2D eigenvalue weighted by atomic mass is 9.85. The van der Waals surface area contributed by atoms with Crippen molar-refractivity contribution in [2.75, 3.05) is 13.2 Å². The number of ether oxygens (including phenoxy) is 2. The van der Waals surface area contributed by atoms with Gasteiger partial charge < -0.3 is 15.2 Å². The smallest absolute Gasteiger partial charge is 0.0796 e. The van der Waals surface area contributed by atoms with E-state index >= 15 is 0 Å². The van der Waals surface area contributed by atoms with Crippen LogP contribution in [-0.2, 0) is 9.47 Å². The maximum atomic E-state index is 6.09. The van der Waals surface area contributed by atoms with Crippen molar-refractivity contribution in [3.05, 3.63) is 0 Å². The first-order chi connectivity index (χ1) is 6.79. The third-order valence-electron chi connectivity index (χ3n) is 2.21. The highest BCUT2D eigenvalue weighted by molar-refractivity contribution is 4.84. The van der Waals surface area contributed by atoms with Gasteiger partial charge in [0.25, 0.3) is 0 Å². The van der Waals surface area contributed by atoms with Gasteiger partial charge in [0.05, 0.1) is 24.9 Å². The van der Waals surface area contributed by atoms with E-state index in [9.17, 15) is 0 Å². The highest BCUT2D eigenvalue weighted by Crippen LogP contribution is 2.24. The molecule has 0 bridgehead atoms. The lowest BCUT2D eigenvalue weighted by Gasteiger charge is -2.35. The molecule has 0 rings (SSSR count). The van der Waals surface area contributed by atoms with Crippen LogP contribution in [0.25, 0.3) is 0 Å². The van der Waals surface area contributed by atoms with E-state index in [1.807, 2.05) is 20.8 Å². The van der Waals surface area contributed by atoms with E-state index in [-0.39, 0.29) is 23.7 Å². The van der Waals surface area contributed by atoms with Crippen molar-refractivity contribution in [1.82, 2.24) is 0 Å². The van der Waals surface area contributed by atoms with Crippen molar-refractivity contribution in [3.8, 4) is 0 Å². The summed E-state index contributed by atoms with van der Waals surface area (Å²) in [5, 5.41) is 0. The highest BCUT2D eigenvalue weighted by Gasteiger charge is 2.30. The Morgan fingerprint density at radius 1 is 1.13 bits per heavy atom. The lowest BCUT2D eigenvalue weighted by molar-refractivity contribution is -0.0531. The van der Waals surface area contributed by atoms with Gasteiger partial charge >= 0.3 is 0 Å². The first-order valence-electron chi connectivity index (χ1n) is 5.77. The van der Waals surface area contributed by atoms with Gasteiger partial charge in [-0.2, -0.15) is 0 Å². The summed E-state index contributed by atoms with van der Waals surface area (Å²) in [6.07, 6.45) is 0.263. The average molecular weight is 217 g/mol. The van der Waals surface area contributed by atoms with Crippen LogP contribution in [-0.4, -0.2) is 31.5 Å². The van der Waals surface area contributed by atoms with Crippen LogP contribution in [0.3, 0.4) is 0 Å². The lowest BCUT2D eigenvalue weighted by Crippen LogP contribution is -2.48. The summed E-state index contributed by atoms with van der Waals surface area (Å²) < 4.78 is 11.2. The predicted octanol–water partition coefficient (Wildman–Crippen LogP) is 2.19. The Morgan fingerprint density at radius 2 is 1.67 bits per heavy atom. The largest absolute Gasteiger partial charge is 0.377 e. The first-order valence-corrected chi connectivity index (χ1v) is 5.77. The van der Waals surface area contributed by atoms with E-state index in [0.717, 1.165) is 0 Å². The van der Waals surface area contributed by atoms with Gasteiger partial charge in [-0.25, -0.2) is 0 Å². The summed E-state index contributed by atoms with van der Waals surface area (Å²) in [5.74, 6) is 0. The second-order valence-corrected chi connectivity index (χ2v) is 5.29. The Kier molecular flexibility index (Phi) is 6.41. The van der Waals surface area contributed by atoms with Crippen molar-refractivity contribution in [1.29, 1.82) is 0 Å². The second kappa shape index (κ2) is 6.46. The molecule has 0 aliphatic carbocycles. The molecule has 3 heteroatoms. The third kappa shape index (κ3) is 6.13. The van der Waals surface area contributed by atoms with Crippen molar-refractivity contribution < 1.29 is 9.47 Å². The fourth-order valence-corrected chi connectivity index (χ4v) is 1.59. The second-order valence-electron chi connectivity index (χ2n) is 5.29. The molecule has 2 atom stereocenters. The summed E-state index contributed by atoms with van der Waals surface area (Å²) in [6.45, 7) is 13.7. The van der Waals surface area contributed by atoms with Crippen molar-refractivity contribution in [2.45, 2.75) is 59.8 Å². The molecule has 0 aromatic carbocycles. The monoisotopic (exact) mass is 217 g/mol. The molecular formula is C12H27NO2. The zero-order chi connectivity index (χ0) is 12.1. The fourth-order valence-electron chi connectivity index (χ4n) is 1.59. The summed E-state index contributed by atoms with van der Waals surface area (Å²) >= 11 is 0. The van der Waals surface area contributed by atoms with E-state index in [2.05, 4.69) is 20.8 Å². The minimum absolute atomic E-state index is 0.0428. The Labute approximate surface area is 94.3 Å². The summed E-state index contributed by atoms with van der Waals surface area (Å²) in [7, 11) is 0. The van der Waals surface area contributed by atoms with Crippen LogP contribution in [0.15, 0.2) is 0 Å². The number of nitrogens with two attached hydrogens (primary N) is 1. The molecule has 0 radical (unpaired) electrons. The van der Waals surface area contributed by atoms with E-state index in [1.165, 1.54) is 0 Å². The molecule has 0 heterocycles. The molecule has 2 unspecified atom stereocenters. The Balaban J connectivity index is 4.23. The maximum absolute atomic E-state index is 6.09. The third-order valence-corrected chi connectivity index (χ3v) is 2.21. The van der Waals surface area contributed by atoms with E-state index in [1.54, 1.807) is 0 Å². The van der Waals surface area contributed by atoms with Crippen LogP contribution in [0, 0.1) is 5.41 Å². The molecule has 0 aromatic rings. The van der Waals surface area contributed by atoms with E-state index in [0.29, 0.717) is 13.2 Å². The highest BCUT2D eigenvalue weighted by atomic mass is 16.5. The molecule has 0 aromatic heterocycles. The quantitative estimate of drug-likeness (QED) is 0.741. The van der Waals surface area contributed by atoms with Crippen molar-refractivity contribution in [2.24, 2.45) is 11.1 Å². The van der Waals surface area contributed by atoms with E-state index in [4.69, 9.17) is 15.2 Å². The van der Waals surface area contributed by atoms with Crippen LogP contribution in [0.4, 0.5) is 0 Å². The molecule has 0 saturated heterocycles. The van der Waals surface area contributed by atoms with Gasteiger partial charge in [0.15, 0.2) is 0 Å². The molecule has 0 amide bonds. The number of hydrogen-bond donors (Lipinski definition) is 1. The average Bonchev–Trinajstić information content (AvgIpc) is 2.08. The minimum atomic E-state index is -0.0626. The van der Waals surface area contributed by atoms with E-state index < -0.39 is 0 Å². The van der Waals surface area contributed by atoms with Crippen LogP contribution in [0.1, 0.15) is 41.5 Å². The molecule has 92 valence electrons. The Bertz CT molecular complexity index is 163. The molecular weight excluding hydrogens is 190 g/mol. The number of rotatable bonds is 6. The van der Waals surface area contributed by atoms with Crippen LogP contribution in [0.5, 0.6) is 0 Å². The molecule has 3 nitrogen and oxygen atoms in total. The van der Waals surface area contributed by atoms with Gasteiger partial charge in [-0.3, -0.25) is 0 Å². The molecule has 2 N–H and O–H groups in total. The molecule has 0 saturated carbocycles. The molecule has 0 aliphatic heterocycles. The topological polar surface area (TPSA) is 44.5 Å². The number of hydrogen-bond acceptors (Lipinski definition) is 3. The molecule has 0 spiro atoms. The van der Waals surface area contributed by atoms with Gasteiger partial charge in [0.2, 0.25) is 0 Å². The van der Waals surface area contributed by atoms with Gasteiger partial charge in [-0.1, -0.05) is 20.8 Å². The summed E-state index contributed by atoms with van der Waals surface area (Å²) in [6, 6.07) is -0.0626.